The third-order valence-electron chi connectivity index (χ3n) is 4.44. The molecule has 29 heavy (non-hydrogen) atoms. The van der Waals surface area contributed by atoms with E-state index in [1.54, 1.807) is 6.07 Å². The molecule has 0 spiro atoms. The van der Waals surface area contributed by atoms with Crippen LogP contribution in [0.1, 0.15) is 22.0 Å². The SMILES string of the molecule is O=C(O)C1=C[C@H](c2ccccc2F)n2ncc(C(=O)Nc3ccc(F)cc3)c2N1. The standard InChI is InChI=1S/C20H14F2N4O3/c21-11-5-7-12(8-6-11)24-19(27)14-10-23-26-17(13-3-1-2-4-15(13)22)9-16(20(28)29)25-18(14)26/h1-10,17,25H,(H,24,27)(H,28,29)/t17-/m1/s1. The fourth-order valence-corrected chi connectivity index (χ4v) is 3.05. The number of fused-ring (bicyclic) bond motifs is 1. The average Bonchev–Trinajstić information content (AvgIpc) is 3.13. The Morgan fingerprint density at radius 3 is 2.52 bits per heavy atom. The Morgan fingerprint density at radius 1 is 1.10 bits per heavy atom. The van der Waals surface area contributed by atoms with Crippen molar-refractivity contribution in [1.29, 1.82) is 0 Å². The van der Waals surface area contributed by atoms with Gasteiger partial charge in [-0.15, -0.1) is 0 Å². The zero-order valence-corrected chi connectivity index (χ0v) is 14.8. The summed E-state index contributed by atoms with van der Waals surface area (Å²) in [6.07, 6.45) is 2.58. The van der Waals surface area contributed by atoms with Gasteiger partial charge in [-0.25, -0.2) is 18.3 Å². The van der Waals surface area contributed by atoms with Crippen molar-refractivity contribution < 1.29 is 23.5 Å². The van der Waals surface area contributed by atoms with Gasteiger partial charge in [0.05, 0.1) is 6.20 Å². The number of hydrogen-bond acceptors (Lipinski definition) is 4. The molecule has 2 heterocycles. The van der Waals surface area contributed by atoms with E-state index in [1.165, 1.54) is 59.4 Å². The van der Waals surface area contributed by atoms with Gasteiger partial charge in [-0.1, -0.05) is 18.2 Å². The lowest BCUT2D eigenvalue weighted by molar-refractivity contribution is -0.132. The molecule has 3 aromatic rings. The van der Waals surface area contributed by atoms with Crippen LogP contribution in [0.15, 0.2) is 66.5 Å². The topological polar surface area (TPSA) is 96.2 Å². The summed E-state index contributed by atoms with van der Waals surface area (Å²) in [7, 11) is 0. The molecule has 7 nitrogen and oxygen atoms in total. The average molecular weight is 396 g/mol. The molecule has 0 radical (unpaired) electrons. The Bertz CT molecular complexity index is 1140. The Hall–Kier alpha value is -4.01. The third-order valence-corrected chi connectivity index (χ3v) is 4.44. The fraction of sp³-hybridized carbons (Fsp3) is 0.0500. The molecule has 9 heteroatoms. The molecule has 1 aromatic heterocycles. The molecule has 0 saturated heterocycles. The molecule has 3 N–H and O–H groups in total. The number of nitrogens with zero attached hydrogens (tertiary/aromatic N) is 2. The molecular weight excluding hydrogens is 382 g/mol. The van der Waals surface area contributed by atoms with Crippen LogP contribution in [0.2, 0.25) is 0 Å². The molecule has 0 aliphatic carbocycles. The maximum absolute atomic E-state index is 14.3. The minimum absolute atomic E-state index is 0.0579. The molecular formula is C20H14F2N4O3. The highest BCUT2D eigenvalue weighted by Crippen LogP contribution is 2.33. The zero-order chi connectivity index (χ0) is 20.5. The van der Waals surface area contributed by atoms with E-state index in [-0.39, 0.29) is 22.6 Å². The van der Waals surface area contributed by atoms with E-state index in [4.69, 9.17) is 0 Å². The quantitative estimate of drug-likeness (QED) is 0.628. The van der Waals surface area contributed by atoms with Crippen LogP contribution in [0.3, 0.4) is 0 Å². The molecule has 0 saturated carbocycles. The van der Waals surface area contributed by atoms with Gasteiger partial charge in [0.25, 0.3) is 5.91 Å². The number of carbonyl (C=O) groups is 2. The predicted octanol–water partition coefficient (Wildman–Crippen LogP) is 3.40. The first kappa shape index (κ1) is 18.4. The molecule has 1 atom stereocenters. The Balaban J connectivity index is 1.73. The Morgan fingerprint density at radius 2 is 1.83 bits per heavy atom. The molecule has 0 bridgehead atoms. The molecule has 146 valence electrons. The lowest BCUT2D eigenvalue weighted by Gasteiger charge is -2.24. The van der Waals surface area contributed by atoms with Crippen LogP contribution >= 0.6 is 0 Å². The van der Waals surface area contributed by atoms with Crippen molar-refractivity contribution in [2.24, 2.45) is 0 Å². The second-order valence-electron chi connectivity index (χ2n) is 6.29. The zero-order valence-electron chi connectivity index (χ0n) is 14.8. The number of halogens is 2. The number of hydrogen-bond donors (Lipinski definition) is 3. The van der Waals surface area contributed by atoms with Gasteiger partial charge in [0.15, 0.2) is 0 Å². The second kappa shape index (κ2) is 7.19. The number of benzene rings is 2. The molecule has 1 aliphatic heterocycles. The lowest BCUT2D eigenvalue weighted by Crippen LogP contribution is -2.26. The predicted molar refractivity (Wildman–Crippen MR) is 100 cm³/mol. The largest absolute Gasteiger partial charge is 0.477 e. The normalized spacial score (nSPS) is 15.1. The summed E-state index contributed by atoms with van der Waals surface area (Å²) < 4.78 is 28.7. The molecule has 2 aromatic carbocycles. The summed E-state index contributed by atoms with van der Waals surface area (Å²) in [6, 6.07) is 10.2. The van der Waals surface area contributed by atoms with Gasteiger partial charge in [0.2, 0.25) is 0 Å². The Kier molecular flexibility index (Phi) is 4.55. The van der Waals surface area contributed by atoms with Crippen molar-refractivity contribution >= 4 is 23.4 Å². The van der Waals surface area contributed by atoms with Gasteiger partial charge in [-0.05, 0) is 36.4 Å². The van der Waals surface area contributed by atoms with Gasteiger partial charge >= 0.3 is 5.97 Å². The van der Waals surface area contributed by atoms with Crippen molar-refractivity contribution in [3.63, 3.8) is 0 Å². The van der Waals surface area contributed by atoms with Gasteiger partial charge in [-0.3, -0.25) is 4.79 Å². The van der Waals surface area contributed by atoms with Crippen molar-refractivity contribution in [3.8, 4) is 0 Å². The lowest BCUT2D eigenvalue weighted by atomic mass is 10.0. The molecule has 4 rings (SSSR count). The fourth-order valence-electron chi connectivity index (χ4n) is 3.05. The second-order valence-corrected chi connectivity index (χ2v) is 6.29. The van der Waals surface area contributed by atoms with Gasteiger partial charge in [0, 0.05) is 11.3 Å². The number of carboxylic acid groups (broad SMARTS) is 1. The highest BCUT2D eigenvalue weighted by Gasteiger charge is 2.30. The van der Waals surface area contributed by atoms with Crippen molar-refractivity contribution in [2.75, 3.05) is 10.6 Å². The number of nitrogens with one attached hydrogen (secondary N) is 2. The first-order valence-electron chi connectivity index (χ1n) is 8.55. The number of aromatic nitrogens is 2. The number of carbonyl (C=O) groups excluding carboxylic acids is 1. The molecule has 1 aliphatic rings. The van der Waals surface area contributed by atoms with E-state index in [0.717, 1.165) is 0 Å². The number of anilines is 2. The highest BCUT2D eigenvalue weighted by atomic mass is 19.1. The monoisotopic (exact) mass is 396 g/mol. The third kappa shape index (κ3) is 3.45. The first-order chi connectivity index (χ1) is 13.9. The van der Waals surface area contributed by atoms with Gasteiger partial charge < -0.3 is 15.7 Å². The summed E-state index contributed by atoms with van der Waals surface area (Å²) in [5.74, 6) is -2.71. The number of aliphatic carboxylic acids is 1. The minimum Gasteiger partial charge on any atom is -0.477 e. The molecule has 0 unspecified atom stereocenters. The maximum atomic E-state index is 14.3. The van der Waals surface area contributed by atoms with Crippen LogP contribution in [0.25, 0.3) is 0 Å². The molecule has 0 fully saturated rings. The summed E-state index contributed by atoms with van der Waals surface area (Å²) in [4.78, 5) is 24.2. The van der Waals surface area contributed by atoms with Crippen LogP contribution in [0.5, 0.6) is 0 Å². The minimum atomic E-state index is -1.26. The summed E-state index contributed by atoms with van der Waals surface area (Å²) in [5, 5.41) is 18.8. The van der Waals surface area contributed by atoms with Crippen LogP contribution < -0.4 is 10.6 Å². The number of amides is 1. The van der Waals surface area contributed by atoms with Crippen LogP contribution in [-0.2, 0) is 4.79 Å². The van der Waals surface area contributed by atoms with E-state index in [0.29, 0.717) is 5.69 Å². The summed E-state index contributed by atoms with van der Waals surface area (Å²) >= 11 is 0. The maximum Gasteiger partial charge on any atom is 0.352 e. The summed E-state index contributed by atoms with van der Waals surface area (Å²) in [5.41, 5.74) is 0.416. The first-order valence-corrected chi connectivity index (χ1v) is 8.55. The number of allylic oxidation sites excluding steroid dienone is 1. The van der Waals surface area contributed by atoms with E-state index in [1.807, 2.05) is 0 Å². The van der Waals surface area contributed by atoms with E-state index < -0.39 is 29.6 Å². The Labute approximate surface area is 163 Å². The van der Waals surface area contributed by atoms with Crippen molar-refractivity contribution in [3.05, 3.63) is 89.3 Å². The number of rotatable bonds is 4. The van der Waals surface area contributed by atoms with E-state index in [2.05, 4.69) is 15.7 Å². The van der Waals surface area contributed by atoms with Crippen LogP contribution in [0.4, 0.5) is 20.3 Å². The van der Waals surface area contributed by atoms with Crippen molar-refractivity contribution in [2.45, 2.75) is 6.04 Å². The van der Waals surface area contributed by atoms with E-state index >= 15 is 0 Å². The van der Waals surface area contributed by atoms with Crippen LogP contribution in [-0.4, -0.2) is 26.8 Å². The van der Waals surface area contributed by atoms with Crippen molar-refractivity contribution in [1.82, 2.24) is 9.78 Å². The summed E-state index contributed by atoms with van der Waals surface area (Å²) in [6.45, 7) is 0. The highest BCUT2D eigenvalue weighted by molar-refractivity contribution is 6.08. The molecule has 1 amide bonds. The smallest absolute Gasteiger partial charge is 0.352 e. The van der Waals surface area contributed by atoms with E-state index in [9.17, 15) is 23.5 Å². The van der Waals surface area contributed by atoms with Gasteiger partial charge in [0.1, 0.15) is 34.8 Å². The number of carboxylic acids is 1. The van der Waals surface area contributed by atoms with Crippen LogP contribution in [0, 0.1) is 11.6 Å². The van der Waals surface area contributed by atoms with Gasteiger partial charge in [-0.2, -0.15) is 5.10 Å².